The maximum absolute atomic E-state index is 9.38. The molecule has 12 rings (SSSR count). The number of nitriles is 1. The Labute approximate surface area is 340 Å². The molecular weight excluding hydrogens is 717 g/mol. The second-order valence-corrected chi connectivity index (χ2v) is 15.3. The molecule has 0 radical (unpaired) electrons. The van der Waals surface area contributed by atoms with Crippen LogP contribution in [-0.2, 0) is 0 Å². The van der Waals surface area contributed by atoms with Crippen LogP contribution < -0.4 is 0 Å². The molecule has 9 aromatic carbocycles. The lowest BCUT2D eigenvalue weighted by Crippen LogP contribution is -1.96. The first kappa shape index (κ1) is 33.1. The molecule has 59 heavy (non-hydrogen) atoms. The minimum atomic E-state index is 0.658. The van der Waals surface area contributed by atoms with E-state index < -0.39 is 0 Å². The molecule has 0 saturated heterocycles. The van der Waals surface area contributed by atoms with E-state index in [4.69, 9.17) is 0 Å². The zero-order chi connectivity index (χ0) is 39.0. The van der Waals surface area contributed by atoms with Crippen LogP contribution in [0.3, 0.4) is 0 Å². The fourth-order valence-corrected chi connectivity index (χ4v) is 9.46. The fraction of sp³-hybridized carbons (Fsp3) is 0. The lowest BCUT2D eigenvalue weighted by atomic mass is 9.94. The molecular formula is C55H34N4. The number of rotatable bonds is 5. The Hall–Kier alpha value is -8.13. The molecule has 0 unspecified atom stereocenters. The highest BCUT2D eigenvalue weighted by Gasteiger charge is 2.19. The van der Waals surface area contributed by atoms with Crippen LogP contribution >= 0.6 is 0 Å². The third kappa shape index (κ3) is 5.02. The highest BCUT2D eigenvalue weighted by atomic mass is 15.0. The summed E-state index contributed by atoms with van der Waals surface area (Å²) in [6.45, 7) is 0. The van der Waals surface area contributed by atoms with Crippen molar-refractivity contribution in [3.05, 3.63) is 212 Å². The van der Waals surface area contributed by atoms with Gasteiger partial charge in [-0.3, -0.25) is 0 Å². The van der Waals surface area contributed by atoms with Crippen LogP contribution in [0.15, 0.2) is 206 Å². The molecule has 0 bridgehead atoms. The van der Waals surface area contributed by atoms with Gasteiger partial charge in [0, 0.05) is 49.4 Å². The molecule has 0 aliphatic heterocycles. The van der Waals surface area contributed by atoms with Gasteiger partial charge in [-0.1, -0.05) is 121 Å². The van der Waals surface area contributed by atoms with Gasteiger partial charge in [-0.15, -0.1) is 0 Å². The average molecular weight is 751 g/mol. The van der Waals surface area contributed by atoms with Gasteiger partial charge in [0.05, 0.1) is 44.7 Å². The van der Waals surface area contributed by atoms with Crippen LogP contribution in [0.4, 0.5) is 0 Å². The Morgan fingerprint density at radius 3 is 1.02 bits per heavy atom. The summed E-state index contributed by atoms with van der Waals surface area (Å²) in [6.07, 6.45) is 0. The van der Waals surface area contributed by atoms with Crippen LogP contribution in [0.2, 0.25) is 0 Å². The molecule has 0 aliphatic rings. The molecule has 3 aromatic heterocycles. The van der Waals surface area contributed by atoms with Crippen LogP contribution in [-0.4, -0.2) is 13.7 Å². The summed E-state index contributed by atoms with van der Waals surface area (Å²) < 4.78 is 7.22. The molecule has 12 aromatic rings. The number of hydrogen-bond donors (Lipinski definition) is 0. The van der Waals surface area contributed by atoms with Crippen molar-refractivity contribution in [1.82, 2.24) is 13.7 Å². The quantitative estimate of drug-likeness (QED) is 0.173. The van der Waals surface area contributed by atoms with Crippen molar-refractivity contribution in [2.75, 3.05) is 0 Å². The highest BCUT2D eigenvalue weighted by Crippen LogP contribution is 2.40. The minimum Gasteiger partial charge on any atom is -0.309 e. The number of para-hydroxylation sites is 4. The van der Waals surface area contributed by atoms with Gasteiger partial charge >= 0.3 is 0 Å². The summed E-state index contributed by atoms with van der Waals surface area (Å²) in [7, 11) is 0. The lowest BCUT2D eigenvalue weighted by molar-refractivity contribution is 1.16. The third-order valence-corrected chi connectivity index (χ3v) is 12.1. The standard InChI is InChI=1S/C55H34N4/c56-35-36-21-23-37(24-22-36)42-11-1-2-12-43(42)38-25-27-39(28-26-38)57-54-31-29-40(58-50-17-7-3-13-44(50)45-14-4-8-18-51(45)58)33-48(54)49-34-41(30-32-55(49)57)59-52-19-9-5-15-46(52)47-16-6-10-20-53(47)59/h1-34H. The molecule has 3 heterocycles. The van der Waals surface area contributed by atoms with E-state index in [1.54, 1.807) is 0 Å². The molecule has 0 saturated carbocycles. The maximum atomic E-state index is 9.38. The molecule has 274 valence electrons. The summed E-state index contributed by atoms with van der Waals surface area (Å²) in [4.78, 5) is 0. The lowest BCUT2D eigenvalue weighted by Gasteiger charge is -2.13. The smallest absolute Gasteiger partial charge is 0.0991 e. The van der Waals surface area contributed by atoms with Gasteiger partial charge in [0.2, 0.25) is 0 Å². The van der Waals surface area contributed by atoms with Crippen LogP contribution in [0.25, 0.3) is 105 Å². The molecule has 0 fully saturated rings. The Bertz CT molecular complexity index is 3390. The van der Waals surface area contributed by atoms with Crippen molar-refractivity contribution in [1.29, 1.82) is 5.26 Å². The van der Waals surface area contributed by atoms with Crippen molar-refractivity contribution < 1.29 is 0 Å². The first-order valence-corrected chi connectivity index (χ1v) is 20.0. The zero-order valence-corrected chi connectivity index (χ0v) is 31.9. The highest BCUT2D eigenvalue weighted by molar-refractivity contribution is 6.14. The molecule has 0 N–H and O–H groups in total. The van der Waals surface area contributed by atoms with E-state index in [-0.39, 0.29) is 0 Å². The molecule has 0 aliphatic carbocycles. The molecule has 0 spiro atoms. The summed E-state index contributed by atoms with van der Waals surface area (Å²) in [6, 6.07) is 76.2. The predicted molar refractivity (Wildman–Crippen MR) is 245 cm³/mol. The van der Waals surface area contributed by atoms with Crippen molar-refractivity contribution in [3.63, 3.8) is 0 Å². The monoisotopic (exact) mass is 750 g/mol. The van der Waals surface area contributed by atoms with E-state index in [1.165, 1.54) is 54.4 Å². The van der Waals surface area contributed by atoms with Gasteiger partial charge in [-0.2, -0.15) is 5.26 Å². The third-order valence-electron chi connectivity index (χ3n) is 12.1. The van der Waals surface area contributed by atoms with E-state index in [2.05, 4.69) is 202 Å². The maximum Gasteiger partial charge on any atom is 0.0991 e. The Balaban J connectivity index is 1.08. The first-order chi connectivity index (χ1) is 29.2. The van der Waals surface area contributed by atoms with Gasteiger partial charge in [-0.05, 0) is 107 Å². The van der Waals surface area contributed by atoms with Crippen LogP contribution in [0, 0.1) is 11.3 Å². The normalized spacial score (nSPS) is 11.7. The van der Waals surface area contributed by atoms with Crippen molar-refractivity contribution >= 4 is 65.4 Å². The molecule has 0 atom stereocenters. The summed E-state index contributed by atoms with van der Waals surface area (Å²) in [5.41, 5.74) is 15.6. The summed E-state index contributed by atoms with van der Waals surface area (Å²) >= 11 is 0. The molecule has 4 heteroatoms. The average Bonchev–Trinajstić information content (AvgIpc) is 3.94. The number of hydrogen-bond acceptors (Lipinski definition) is 1. The molecule has 0 amide bonds. The number of nitrogens with zero attached hydrogens (tertiary/aromatic N) is 4. The van der Waals surface area contributed by atoms with Crippen LogP contribution in [0.1, 0.15) is 5.56 Å². The van der Waals surface area contributed by atoms with Crippen molar-refractivity contribution in [2.24, 2.45) is 0 Å². The van der Waals surface area contributed by atoms with E-state index in [9.17, 15) is 5.26 Å². The van der Waals surface area contributed by atoms with Gasteiger partial charge in [0.25, 0.3) is 0 Å². The van der Waals surface area contributed by atoms with Crippen molar-refractivity contribution in [2.45, 2.75) is 0 Å². The van der Waals surface area contributed by atoms with E-state index >= 15 is 0 Å². The topological polar surface area (TPSA) is 38.6 Å². The van der Waals surface area contributed by atoms with E-state index in [0.29, 0.717) is 5.56 Å². The summed E-state index contributed by atoms with van der Waals surface area (Å²) in [5, 5.41) is 16.8. The largest absolute Gasteiger partial charge is 0.309 e. The Morgan fingerprint density at radius 2 is 0.610 bits per heavy atom. The van der Waals surface area contributed by atoms with Gasteiger partial charge in [0.1, 0.15) is 0 Å². The SMILES string of the molecule is N#Cc1ccc(-c2ccccc2-c2ccc(-n3c4ccc(-n5c6ccccc6c6ccccc65)cc4c4cc(-n5c6ccccc6c6ccccc65)ccc43)cc2)cc1. The van der Waals surface area contributed by atoms with Crippen LogP contribution in [0.5, 0.6) is 0 Å². The molecule has 4 nitrogen and oxygen atoms in total. The number of aromatic nitrogens is 3. The van der Waals surface area contributed by atoms with Crippen molar-refractivity contribution in [3.8, 4) is 45.4 Å². The first-order valence-electron chi connectivity index (χ1n) is 20.0. The van der Waals surface area contributed by atoms with Gasteiger partial charge in [0.15, 0.2) is 0 Å². The van der Waals surface area contributed by atoms with Gasteiger partial charge < -0.3 is 13.7 Å². The van der Waals surface area contributed by atoms with Gasteiger partial charge in [-0.25, -0.2) is 0 Å². The minimum absolute atomic E-state index is 0.658. The Kier molecular flexibility index (Phi) is 7.26. The zero-order valence-electron chi connectivity index (χ0n) is 31.9. The second-order valence-electron chi connectivity index (χ2n) is 15.3. The van der Waals surface area contributed by atoms with E-state index in [0.717, 1.165) is 50.3 Å². The number of benzene rings is 9. The van der Waals surface area contributed by atoms with E-state index in [1.807, 2.05) is 24.3 Å². The fourth-order valence-electron chi connectivity index (χ4n) is 9.46. The predicted octanol–water partition coefficient (Wildman–Crippen LogP) is 14.2. The second kappa shape index (κ2) is 13.0. The Morgan fingerprint density at radius 1 is 0.288 bits per heavy atom. The number of fused-ring (bicyclic) bond motifs is 9. The summed E-state index contributed by atoms with van der Waals surface area (Å²) in [5.74, 6) is 0.